The smallest absolute Gasteiger partial charge is 0.244 e. The summed E-state index contributed by atoms with van der Waals surface area (Å²) < 4.78 is 15.7. The zero-order valence-electron chi connectivity index (χ0n) is 14.9. The standard InChI is InChI=1S/C20H23NO4/c1-14(18-13-17(24-3)10-11-19(18)25-4)21-20(22)12-7-15-5-8-16(23-2)9-6-15/h5-14H,1-4H3,(H,21,22)/b12-7+/t14-/m0/s1. The highest BCUT2D eigenvalue weighted by molar-refractivity contribution is 5.92. The number of methoxy groups -OCH3 is 3. The predicted octanol–water partition coefficient (Wildman–Crippen LogP) is 3.60. The highest BCUT2D eigenvalue weighted by atomic mass is 16.5. The zero-order valence-corrected chi connectivity index (χ0v) is 14.9. The third-order valence-electron chi connectivity index (χ3n) is 3.81. The van der Waals surface area contributed by atoms with Crippen molar-refractivity contribution >= 4 is 12.0 Å². The maximum Gasteiger partial charge on any atom is 0.244 e. The second kappa shape index (κ2) is 8.78. The van der Waals surface area contributed by atoms with Gasteiger partial charge in [0.2, 0.25) is 5.91 Å². The average molecular weight is 341 g/mol. The lowest BCUT2D eigenvalue weighted by Crippen LogP contribution is -2.25. The van der Waals surface area contributed by atoms with Gasteiger partial charge < -0.3 is 19.5 Å². The molecule has 0 bridgehead atoms. The number of ether oxygens (including phenoxy) is 3. The lowest BCUT2D eigenvalue weighted by atomic mass is 10.1. The van der Waals surface area contributed by atoms with Gasteiger partial charge in [0.1, 0.15) is 17.2 Å². The number of amides is 1. The Morgan fingerprint density at radius 2 is 1.60 bits per heavy atom. The van der Waals surface area contributed by atoms with E-state index in [4.69, 9.17) is 14.2 Å². The molecule has 0 aliphatic carbocycles. The minimum atomic E-state index is -0.224. The molecule has 0 heterocycles. The van der Waals surface area contributed by atoms with E-state index in [1.54, 1.807) is 27.4 Å². The van der Waals surface area contributed by atoms with Gasteiger partial charge in [0.05, 0.1) is 27.4 Å². The number of carbonyl (C=O) groups is 1. The van der Waals surface area contributed by atoms with E-state index in [-0.39, 0.29) is 11.9 Å². The first kappa shape index (κ1) is 18.4. The van der Waals surface area contributed by atoms with Crippen molar-refractivity contribution in [3.8, 4) is 17.2 Å². The van der Waals surface area contributed by atoms with Crippen LogP contribution >= 0.6 is 0 Å². The molecule has 1 N–H and O–H groups in total. The van der Waals surface area contributed by atoms with Gasteiger partial charge >= 0.3 is 0 Å². The largest absolute Gasteiger partial charge is 0.497 e. The second-order valence-corrected chi connectivity index (χ2v) is 5.44. The monoisotopic (exact) mass is 341 g/mol. The highest BCUT2D eigenvalue weighted by Gasteiger charge is 2.14. The summed E-state index contributed by atoms with van der Waals surface area (Å²) in [6.07, 6.45) is 3.26. The fourth-order valence-electron chi connectivity index (χ4n) is 2.40. The Balaban J connectivity index is 2.05. The van der Waals surface area contributed by atoms with Crippen LogP contribution in [0, 0.1) is 0 Å². The van der Waals surface area contributed by atoms with E-state index in [1.807, 2.05) is 49.4 Å². The summed E-state index contributed by atoms with van der Waals surface area (Å²) in [6, 6.07) is 12.7. The van der Waals surface area contributed by atoms with E-state index < -0.39 is 0 Å². The molecule has 0 saturated carbocycles. The van der Waals surface area contributed by atoms with Crippen molar-refractivity contribution in [3.05, 3.63) is 59.7 Å². The molecule has 0 radical (unpaired) electrons. The summed E-state index contributed by atoms with van der Waals surface area (Å²) in [5.74, 6) is 2.01. The molecule has 1 amide bonds. The van der Waals surface area contributed by atoms with Crippen molar-refractivity contribution in [3.63, 3.8) is 0 Å². The minimum absolute atomic E-state index is 0.187. The van der Waals surface area contributed by atoms with Crippen LogP contribution in [0.2, 0.25) is 0 Å². The molecule has 5 heteroatoms. The summed E-state index contributed by atoms with van der Waals surface area (Å²) >= 11 is 0. The van der Waals surface area contributed by atoms with Crippen LogP contribution in [0.25, 0.3) is 6.08 Å². The number of hydrogen-bond acceptors (Lipinski definition) is 4. The van der Waals surface area contributed by atoms with Gasteiger partial charge in [-0.15, -0.1) is 0 Å². The fourth-order valence-corrected chi connectivity index (χ4v) is 2.40. The first-order valence-corrected chi connectivity index (χ1v) is 7.92. The minimum Gasteiger partial charge on any atom is -0.497 e. The van der Waals surface area contributed by atoms with Crippen molar-refractivity contribution in [2.24, 2.45) is 0 Å². The van der Waals surface area contributed by atoms with Gasteiger partial charge in [0, 0.05) is 11.6 Å². The molecule has 0 spiro atoms. The quantitative estimate of drug-likeness (QED) is 0.782. The molecule has 2 rings (SSSR count). The SMILES string of the molecule is COc1ccc(/C=C/C(=O)N[C@@H](C)c2cc(OC)ccc2OC)cc1. The number of hydrogen-bond donors (Lipinski definition) is 1. The van der Waals surface area contributed by atoms with Gasteiger partial charge in [0.15, 0.2) is 0 Å². The zero-order chi connectivity index (χ0) is 18.2. The van der Waals surface area contributed by atoms with Gasteiger partial charge in [0.25, 0.3) is 0 Å². The lowest BCUT2D eigenvalue weighted by molar-refractivity contribution is -0.117. The molecule has 0 unspecified atom stereocenters. The Bertz CT molecular complexity index is 738. The number of nitrogens with one attached hydrogen (secondary N) is 1. The van der Waals surface area contributed by atoms with Crippen molar-refractivity contribution in [1.29, 1.82) is 0 Å². The molecule has 0 aromatic heterocycles. The van der Waals surface area contributed by atoms with Crippen LogP contribution in [-0.2, 0) is 4.79 Å². The predicted molar refractivity (Wildman–Crippen MR) is 98.1 cm³/mol. The average Bonchev–Trinajstić information content (AvgIpc) is 2.66. The molecule has 0 aliphatic heterocycles. The maximum absolute atomic E-state index is 12.2. The van der Waals surface area contributed by atoms with Crippen LogP contribution in [0.5, 0.6) is 17.2 Å². The molecular formula is C20H23NO4. The normalized spacial score (nSPS) is 11.8. The third kappa shape index (κ3) is 5.01. The molecule has 5 nitrogen and oxygen atoms in total. The van der Waals surface area contributed by atoms with E-state index in [2.05, 4.69) is 5.32 Å². The summed E-state index contributed by atoms with van der Waals surface area (Å²) in [7, 11) is 4.82. The van der Waals surface area contributed by atoms with E-state index in [9.17, 15) is 4.79 Å². The Morgan fingerprint density at radius 3 is 2.20 bits per heavy atom. The fraction of sp³-hybridized carbons (Fsp3) is 0.250. The van der Waals surface area contributed by atoms with Crippen molar-refractivity contribution in [2.75, 3.05) is 21.3 Å². The van der Waals surface area contributed by atoms with Crippen molar-refractivity contribution < 1.29 is 19.0 Å². The molecule has 0 fully saturated rings. The molecule has 2 aromatic rings. The number of rotatable bonds is 7. The summed E-state index contributed by atoms with van der Waals surface area (Å²) in [5.41, 5.74) is 1.77. The van der Waals surface area contributed by atoms with Crippen LogP contribution < -0.4 is 19.5 Å². The molecule has 132 valence electrons. The van der Waals surface area contributed by atoms with Gasteiger partial charge in [-0.05, 0) is 48.9 Å². The van der Waals surface area contributed by atoms with Crippen molar-refractivity contribution in [2.45, 2.75) is 13.0 Å². The van der Waals surface area contributed by atoms with Crippen LogP contribution in [-0.4, -0.2) is 27.2 Å². The third-order valence-corrected chi connectivity index (χ3v) is 3.81. The summed E-state index contributed by atoms with van der Waals surface area (Å²) in [6.45, 7) is 1.90. The number of benzene rings is 2. The van der Waals surface area contributed by atoms with Gasteiger partial charge in [-0.25, -0.2) is 0 Å². The molecule has 0 aliphatic rings. The van der Waals surface area contributed by atoms with Gasteiger partial charge in [-0.1, -0.05) is 12.1 Å². The van der Waals surface area contributed by atoms with Crippen LogP contribution in [0.4, 0.5) is 0 Å². The molecule has 1 atom stereocenters. The highest BCUT2D eigenvalue weighted by Crippen LogP contribution is 2.29. The molecular weight excluding hydrogens is 318 g/mol. The van der Waals surface area contributed by atoms with Crippen molar-refractivity contribution in [1.82, 2.24) is 5.32 Å². The Morgan fingerprint density at radius 1 is 0.960 bits per heavy atom. The molecule has 2 aromatic carbocycles. The topological polar surface area (TPSA) is 56.8 Å². The maximum atomic E-state index is 12.2. The first-order chi connectivity index (χ1) is 12.1. The lowest BCUT2D eigenvalue weighted by Gasteiger charge is -2.17. The Labute approximate surface area is 148 Å². The molecule has 25 heavy (non-hydrogen) atoms. The Hall–Kier alpha value is -2.95. The van der Waals surface area contributed by atoms with E-state index in [1.165, 1.54) is 6.08 Å². The summed E-state index contributed by atoms with van der Waals surface area (Å²) in [4.78, 5) is 12.2. The first-order valence-electron chi connectivity index (χ1n) is 7.92. The van der Waals surface area contributed by atoms with Crippen LogP contribution in [0.1, 0.15) is 24.1 Å². The Kier molecular flexibility index (Phi) is 6.46. The van der Waals surface area contributed by atoms with E-state index in [0.717, 1.165) is 16.9 Å². The van der Waals surface area contributed by atoms with Crippen LogP contribution in [0.15, 0.2) is 48.5 Å². The van der Waals surface area contributed by atoms with E-state index >= 15 is 0 Å². The van der Waals surface area contributed by atoms with Gasteiger partial charge in [-0.2, -0.15) is 0 Å². The van der Waals surface area contributed by atoms with Crippen LogP contribution in [0.3, 0.4) is 0 Å². The van der Waals surface area contributed by atoms with Gasteiger partial charge in [-0.3, -0.25) is 4.79 Å². The molecule has 0 saturated heterocycles. The summed E-state index contributed by atoms with van der Waals surface area (Å²) in [5, 5.41) is 2.93. The number of carbonyl (C=O) groups excluding carboxylic acids is 1. The second-order valence-electron chi connectivity index (χ2n) is 5.44. The van der Waals surface area contributed by atoms with E-state index in [0.29, 0.717) is 11.5 Å².